The lowest BCUT2D eigenvalue weighted by Crippen LogP contribution is -2.53. The Labute approximate surface area is 200 Å². The minimum atomic E-state index is -5.08. The molecule has 0 spiro atoms. The quantitative estimate of drug-likeness (QED) is 0.468. The van der Waals surface area contributed by atoms with Crippen molar-refractivity contribution in [3.05, 3.63) is 35.4 Å². The van der Waals surface area contributed by atoms with Crippen molar-refractivity contribution < 1.29 is 42.6 Å². The Morgan fingerprint density at radius 2 is 1.57 bits per heavy atom. The van der Waals surface area contributed by atoms with E-state index in [1.807, 2.05) is 0 Å². The molecule has 1 heterocycles. The summed E-state index contributed by atoms with van der Waals surface area (Å²) in [7, 11) is 0. The van der Waals surface area contributed by atoms with Gasteiger partial charge in [-0.25, -0.2) is 9.59 Å². The van der Waals surface area contributed by atoms with Gasteiger partial charge in [0.1, 0.15) is 6.04 Å². The van der Waals surface area contributed by atoms with Crippen molar-refractivity contribution in [1.82, 2.24) is 10.2 Å². The van der Waals surface area contributed by atoms with Gasteiger partial charge >= 0.3 is 18.1 Å². The number of likely N-dealkylation sites (tertiary alicyclic amines) is 1. The molecule has 1 aromatic carbocycles. The van der Waals surface area contributed by atoms with E-state index in [1.165, 1.54) is 18.6 Å². The molecule has 194 valence electrons. The van der Waals surface area contributed by atoms with Gasteiger partial charge in [0, 0.05) is 13.1 Å². The molecule has 3 rings (SSSR count). The number of nitrogens with zero attached hydrogens (tertiary/aromatic N) is 1. The molecule has 1 unspecified atom stereocenters. The van der Waals surface area contributed by atoms with Crippen molar-refractivity contribution in [3.63, 3.8) is 0 Å². The Hall–Kier alpha value is -3.15. The Morgan fingerprint density at radius 1 is 1.00 bits per heavy atom. The monoisotopic (exact) mass is 501 g/mol. The lowest BCUT2D eigenvalue weighted by atomic mass is 9.83. The molecular weight excluding hydrogens is 471 g/mol. The fraction of sp³-hybridized carbons (Fsp3) is 0.565. The number of benzene rings is 1. The summed E-state index contributed by atoms with van der Waals surface area (Å²) in [4.78, 5) is 47.0. The van der Waals surface area contributed by atoms with E-state index in [4.69, 9.17) is 20.7 Å². The number of carboxylic acid groups (broad SMARTS) is 2. The highest BCUT2D eigenvalue weighted by atomic mass is 19.4. The van der Waals surface area contributed by atoms with Crippen LogP contribution in [0.4, 0.5) is 13.2 Å². The van der Waals surface area contributed by atoms with Crippen molar-refractivity contribution in [2.24, 2.45) is 11.7 Å². The second-order valence-electron chi connectivity index (χ2n) is 8.64. The van der Waals surface area contributed by atoms with Crippen LogP contribution in [0, 0.1) is 5.92 Å². The summed E-state index contributed by atoms with van der Waals surface area (Å²) in [5.74, 6) is -3.80. The average molecular weight is 502 g/mol. The zero-order valence-electron chi connectivity index (χ0n) is 19.1. The first-order valence-corrected chi connectivity index (χ1v) is 11.4. The molecule has 1 saturated heterocycles. The number of hydrogen-bond donors (Lipinski definition) is 4. The van der Waals surface area contributed by atoms with Gasteiger partial charge in [-0.05, 0) is 49.3 Å². The smallest absolute Gasteiger partial charge is 0.478 e. The minimum absolute atomic E-state index is 0.102. The third-order valence-electron chi connectivity index (χ3n) is 6.19. The molecule has 2 atom stereocenters. The summed E-state index contributed by atoms with van der Waals surface area (Å²) in [6.07, 6.45) is 1.79. The predicted octanol–water partition coefficient (Wildman–Crippen LogP) is 2.53. The number of nitrogens with one attached hydrogen (secondary N) is 1. The molecule has 35 heavy (non-hydrogen) atoms. The normalized spacial score (nSPS) is 19.3. The van der Waals surface area contributed by atoms with Crippen molar-refractivity contribution in [1.29, 1.82) is 0 Å². The zero-order chi connectivity index (χ0) is 26.2. The van der Waals surface area contributed by atoms with Gasteiger partial charge in [0.05, 0.1) is 11.6 Å². The number of carboxylic acids is 2. The number of halogens is 3. The Morgan fingerprint density at radius 3 is 2.09 bits per heavy atom. The predicted molar refractivity (Wildman–Crippen MR) is 118 cm³/mol. The summed E-state index contributed by atoms with van der Waals surface area (Å²) >= 11 is 0. The molecular formula is C23H30F3N3O6. The minimum Gasteiger partial charge on any atom is -0.478 e. The first kappa shape index (κ1) is 28.1. The summed E-state index contributed by atoms with van der Waals surface area (Å²) in [6.45, 7) is 0.872. The van der Waals surface area contributed by atoms with Crippen LogP contribution < -0.4 is 11.1 Å². The number of hydrogen-bond acceptors (Lipinski definition) is 5. The van der Waals surface area contributed by atoms with Gasteiger partial charge in [-0.2, -0.15) is 13.2 Å². The highest BCUT2D eigenvalue weighted by Gasteiger charge is 2.39. The molecule has 1 aliphatic heterocycles. The van der Waals surface area contributed by atoms with Crippen molar-refractivity contribution >= 4 is 23.8 Å². The van der Waals surface area contributed by atoms with Gasteiger partial charge in [-0.15, -0.1) is 0 Å². The molecule has 0 aromatic heterocycles. The molecule has 5 N–H and O–H groups in total. The second-order valence-corrected chi connectivity index (χ2v) is 8.64. The van der Waals surface area contributed by atoms with E-state index in [0.29, 0.717) is 19.5 Å². The van der Waals surface area contributed by atoms with Gasteiger partial charge in [0.2, 0.25) is 11.8 Å². The third kappa shape index (κ3) is 8.23. The maximum atomic E-state index is 12.9. The van der Waals surface area contributed by atoms with E-state index in [0.717, 1.165) is 37.7 Å². The first-order chi connectivity index (χ1) is 16.4. The van der Waals surface area contributed by atoms with Crippen LogP contribution >= 0.6 is 0 Å². The lowest BCUT2D eigenvalue weighted by molar-refractivity contribution is -0.192. The first-order valence-electron chi connectivity index (χ1n) is 11.4. The van der Waals surface area contributed by atoms with Crippen LogP contribution in [0.3, 0.4) is 0 Å². The van der Waals surface area contributed by atoms with E-state index >= 15 is 0 Å². The molecule has 2 fully saturated rings. The van der Waals surface area contributed by atoms with Crippen LogP contribution in [0.15, 0.2) is 24.3 Å². The summed E-state index contributed by atoms with van der Waals surface area (Å²) in [5, 5.41) is 18.9. The fourth-order valence-corrected chi connectivity index (χ4v) is 4.26. The van der Waals surface area contributed by atoms with Crippen LogP contribution in [-0.2, 0) is 20.9 Å². The summed E-state index contributed by atoms with van der Waals surface area (Å²) in [5.41, 5.74) is 7.29. The van der Waals surface area contributed by atoms with Crippen molar-refractivity contribution in [2.45, 2.75) is 69.8 Å². The van der Waals surface area contributed by atoms with Crippen LogP contribution in [-0.4, -0.2) is 63.7 Å². The van der Waals surface area contributed by atoms with E-state index < -0.39 is 30.2 Å². The van der Waals surface area contributed by atoms with Crippen LogP contribution in [0.25, 0.3) is 0 Å². The number of nitrogens with two attached hydrogens (primary N) is 1. The van der Waals surface area contributed by atoms with E-state index in [1.54, 1.807) is 17.0 Å². The Bertz CT molecular complexity index is 901. The zero-order valence-corrected chi connectivity index (χ0v) is 19.1. The molecule has 9 nitrogen and oxygen atoms in total. The third-order valence-corrected chi connectivity index (χ3v) is 6.19. The number of amides is 2. The summed E-state index contributed by atoms with van der Waals surface area (Å²) in [6, 6.07) is 5.40. The number of carbonyl (C=O) groups excluding carboxylic acids is 2. The maximum absolute atomic E-state index is 12.9. The molecule has 12 heteroatoms. The van der Waals surface area contributed by atoms with Crippen molar-refractivity contribution in [3.8, 4) is 0 Å². The SMILES string of the molecule is NC(C(=O)N1CCC[C@H]1C(=O)NCc1ccc(C(=O)O)cc1)C1CCCCC1.O=C(O)C(F)(F)F. The fourth-order valence-electron chi connectivity index (χ4n) is 4.26. The second kappa shape index (κ2) is 12.5. The van der Waals surface area contributed by atoms with Crippen LogP contribution in [0.2, 0.25) is 0 Å². The van der Waals surface area contributed by atoms with E-state index in [9.17, 15) is 27.6 Å². The van der Waals surface area contributed by atoms with Gasteiger partial charge < -0.3 is 26.2 Å². The van der Waals surface area contributed by atoms with Gasteiger partial charge in [-0.1, -0.05) is 31.4 Å². The molecule has 2 aliphatic rings. The van der Waals surface area contributed by atoms with Gasteiger partial charge in [0.25, 0.3) is 0 Å². The summed E-state index contributed by atoms with van der Waals surface area (Å²) < 4.78 is 31.7. The molecule has 1 aliphatic carbocycles. The van der Waals surface area contributed by atoms with E-state index in [2.05, 4.69) is 5.32 Å². The van der Waals surface area contributed by atoms with E-state index in [-0.39, 0.29) is 23.3 Å². The Balaban J connectivity index is 0.000000540. The lowest BCUT2D eigenvalue weighted by Gasteiger charge is -2.32. The highest BCUT2D eigenvalue weighted by molar-refractivity contribution is 5.90. The standard InChI is InChI=1S/C21H29N3O4.C2HF3O2/c22-18(15-5-2-1-3-6-15)20(26)24-12-4-7-17(24)19(25)23-13-14-8-10-16(11-9-14)21(27)28;3-2(4,5)1(6)7/h8-11,15,17-18H,1-7,12-13,22H2,(H,23,25)(H,27,28);(H,6,7)/t17-,18?;/m0./s1. The van der Waals surface area contributed by atoms with Crippen LogP contribution in [0.1, 0.15) is 60.9 Å². The van der Waals surface area contributed by atoms with Crippen molar-refractivity contribution in [2.75, 3.05) is 6.54 Å². The highest BCUT2D eigenvalue weighted by Crippen LogP contribution is 2.28. The average Bonchev–Trinajstić information content (AvgIpc) is 3.32. The van der Waals surface area contributed by atoms with Gasteiger partial charge in [0.15, 0.2) is 0 Å². The molecule has 0 radical (unpaired) electrons. The number of carbonyl (C=O) groups is 4. The number of aromatic carboxylic acids is 1. The number of rotatable bonds is 6. The Kier molecular flexibility index (Phi) is 10.1. The maximum Gasteiger partial charge on any atom is 0.490 e. The molecule has 2 amide bonds. The molecule has 1 aromatic rings. The number of aliphatic carboxylic acids is 1. The molecule has 1 saturated carbocycles. The van der Waals surface area contributed by atoms with Crippen LogP contribution in [0.5, 0.6) is 0 Å². The topological polar surface area (TPSA) is 150 Å². The molecule has 0 bridgehead atoms. The van der Waals surface area contributed by atoms with Gasteiger partial charge in [-0.3, -0.25) is 9.59 Å². The largest absolute Gasteiger partial charge is 0.490 e. The number of alkyl halides is 3.